The summed E-state index contributed by atoms with van der Waals surface area (Å²) in [5.41, 5.74) is 4.07. The first-order chi connectivity index (χ1) is 15.0. The van der Waals surface area contributed by atoms with Gasteiger partial charge in [-0.25, -0.2) is 4.79 Å². The molecule has 0 spiro atoms. The number of benzene rings is 2. The molecule has 0 amide bonds. The maximum absolute atomic E-state index is 12.4. The van der Waals surface area contributed by atoms with Crippen LogP contribution in [0, 0.1) is 6.92 Å². The van der Waals surface area contributed by atoms with Gasteiger partial charge >= 0.3 is 5.69 Å². The van der Waals surface area contributed by atoms with E-state index in [1.54, 1.807) is 26.3 Å². The van der Waals surface area contributed by atoms with Gasteiger partial charge < -0.3 is 9.47 Å². The van der Waals surface area contributed by atoms with Crippen molar-refractivity contribution in [3.63, 3.8) is 0 Å². The minimum absolute atomic E-state index is 0.205. The lowest BCUT2D eigenvalue weighted by atomic mass is 10.1. The van der Waals surface area contributed by atoms with Crippen LogP contribution in [-0.4, -0.2) is 36.7 Å². The Morgan fingerprint density at radius 2 is 1.90 bits per heavy atom. The highest BCUT2D eigenvalue weighted by molar-refractivity contribution is 5.64. The molecule has 0 fully saturated rings. The van der Waals surface area contributed by atoms with Crippen LogP contribution in [-0.2, 0) is 20.2 Å². The van der Waals surface area contributed by atoms with Gasteiger partial charge in [0.1, 0.15) is 18.1 Å². The fraction of sp³-hybridized carbons (Fsp3) is 0.273. The Bertz CT molecular complexity index is 1270. The summed E-state index contributed by atoms with van der Waals surface area (Å²) in [6.07, 6.45) is 3.88. The van der Waals surface area contributed by atoms with Gasteiger partial charge in [0.15, 0.2) is 0 Å². The molecule has 0 N–H and O–H groups in total. The molecule has 2 aromatic carbocycles. The summed E-state index contributed by atoms with van der Waals surface area (Å²) in [5, 5.41) is 12.1. The lowest BCUT2D eigenvalue weighted by Gasteiger charge is -2.15. The van der Waals surface area contributed by atoms with Crippen LogP contribution in [0.4, 0.5) is 0 Å². The summed E-state index contributed by atoms with van der Waals surface area (Å²) in [5.74, 6) is 1.35. The largest absolute Gasteiger partial charge is 0.496 e. The molecule has 0 saturated carbocycles. The van der Waals surface area contributed by atoms with E-state index in [1.165, 1.54) is 9.36 Å². The first kappa shape index (κ1) is 20.4. The molecular weight excluding hydrogens is 396 g/mol. The van der Waals surface area contributed by atoms with Crippen LogP contribution >= 0.6 is 0 Å². The first-order valence-corrected chi connectivity index (χ1v) is 9.93. The second-order valence-corrected chi connectivity index (χ2v) is 7.11. The van der Waals surface area contributed by atoms with Gasteiger partial charge in [0.2, 0.25) is 0 Å². The van der Waals surface area contributed by atoms with Gasteiger partial charge in [0.25, 0.3) is 0 Å². The fourth-order valence-electron chi connectivity index (χ4n) is 3.38. The highest BCUT2D eigenvalue weighted by Gasteiger charge is 2.16. The van der Waals surface area contributed by atoms with Crippen molar-refractivity contribution in [2.45, 2.75) is 27.0 Å². The molecule has 31 heavy (non-hydrogen) atoms. The van der Waals surface area contributed by atoms with Gasteiger partial charge in [-0.15, -0.1) is 0 Å². The number of hydrogen-bond acceptors (Lipinski definition) is 6. The fourth-order valence-corrected chi connectivity index (χ4v) is 3.38. The summed E-state index contributed by atoms with van der Waals surface area (Å²) in [4.78, 5) is 12.4. The molecule has 2 heterocycles. The van der Waals surface area contributed by atoms with Gasteiger partial charge in [-0.05, 0) is 59.7 Å². The van der Waals surface area contributed by atoms with Crippen molar-refractivity contribution in [1.29, 1.82) is 0 Å². The molecular formula is C22H24N6O3. The molecule has 0 radical (unpaired) electrons. The van der Waals surface area contributed by atoms with Gasteiger partial charge in [-0.1, -0.05) is 12.1 Å². The lowest BCUT2D eigenvalue weighted by Crippen LogP contribution is -2.23. The molecule has 0 unspecified atom stereocenters. The second-order valence-electron chi connectivity index (χ2n) is 7.11. The Labute approximate surface area is 179 Å². The minimum Gasteiger partial charge on any atom is -0.496 e. The third-order valence-electron chi connectivity index (χ3n) is 5.12. The quantitative estimate of drug-likeness (QED) is 0.457. The smallest absolute Gasteiger partial charge is 0.368 e. The number of methoxy groups -OCH3 is 1. The molecule has 0 aliphatic rings. The molecule has 0 saturated heterocycles. The Hall–Kier alpha value is -3.88. The maximum atomic E-state index is 12.4. The average molecular weight is 420 g/mol. The van der Waals surface area contributed by atoms with Crippen LogP contribution in [0.25, 0.3) is 16.8 Å². The molecule has 0 bridgehead atoms. The van der Waals surface area contributed by atoms with E-state index < -0.39 is 0 Å². The summed E-state index contributed by atoms with van der Waals surface area (Å²) in [6.45, 7) is 5.09. The predicted molar refractivity (Wildman–Crippen MR) is 116 cm³/mol. The van der Waals surface area contributed by atoms with E-state index in [-0.39, 0.29) is 12.3 Å². The molecule has 0 aliphatic heterocycles. The number of hydrogen-bond donors (Lipinski definition) is 0. The van der Waals surface area contributed by atoms with Crippen LogP contribution in [0.2, 0.25) is 0 Å². The van der Waals surface area contributed by atoms with E-state index >= 15 is 0 Å². The van der Waals surface area contributed by atoms with Crippen molar-refractivity contribution in [1.82, 2.24) is 29.6 Å². The monoisotopic (exact) mass is 420 g/mol. The van der Waals surface area contributed by atoms with E-state index in [2.05, 4.69) is 28.5 Å². The van der Waals surface area contributed by atoms with Crippen LogP contribution < -0.4 is 15.2 Å². The van der Waals surface area contributed by atoms with E-state index in [0.29, 0.717) is 17.0 Å². The number of ether oxygens (including phenoxy) is 2. The number of aromatic nitrogens is 6. The summed E-state index contributed by atoms with van der Waals surface area (Å²) >= 11 is 0. The summed E-state index contributed by atoms with van der Waals surface area (Å²) < 4.78 is 15.9. The van der Waals surface area contributed by atoms with Gasteiger partial charge in [0.05, 0.1) is 24.6 Å². The number of rotatable bonds is 7. The number of aryl methyl sites for hydroxylation is 3. The van der Waals surface area contributed by atoms with Crippen molar-refractivity contribution in [3.8, 4) is 28.3 Å². The van der Waals surface area contributed by atoms with Crippen LogP contribution in [0.15, 0.2) is 53.6 Å². The highest BCUT2D eigenvalue weighted by Crippen LogP contribution is 2.29. The van der Waals surface area contributed by atoms with Crippen LogP contribution in [0.3, 0.4) is 0 Å². The molecule has 9 nitrogen and oxygen atoms in total. The van der Waals surface area contributed by atoms with Crippen molar-refractivity contribution < 1.29 is 9.47 Å². The van der Waals surface area contributed by atoms with Gasteiger partial charge in [-0.2, -0.15) is 14.5 Å². The zero-order valence-electron chi connectivity index (χ0n) is 17.9. The van der Waals surface area contributed by atoms with Crippen molar-refractivity contribution >= 4 is 0 Å². The van der Waals surface area contributed by atoms with E-state index in [4.69, 9.17) is 9.47 Å². The van der Waals surface area contributed by atoms with Crippen molar-refractivity contribution in [2.24, 2.45) is 7.05 Å². The summed E-state index contributed by atoms with van der Waals surface area (Å²) in [7, 11) is 3.13. The first-order valence-electron chi connectivity index (χ1n) is 9.93. The van der Waals surface area contributed by atoms with Crippen LogP contribution in [0.1, 0.15) is 18.1 Å². The maximum Gasteiger partial charge on any atom is 0.368 e. The zero-order valence-corrected chi connectivity index (χ0v) is 17.9. The SMILES string of the molecule is CCn1cc(-c2ccc(OCc3c(OC)cccc3-n3nnn(C)c3=O)c(C)c2)cn1. The van der Waals surface area contributed by atoms with E-state index in [9.17, 15) is 4.79 Å². The predicted octanol–water partition coefficient (Wildman–Crippen LogP) is 2.75. The number of nitrogens with zero attached hydrogens (tertiary/aromatic N) is 6. The van der Waals surface area contributed by atoms with Crippen LogP contribution in [0.5, 0.6) is 11.5 Å². The molecule has 4 aromatic rings. The standard InChI is InChI=1S/C22H24N6O3/c1-5-27-13-17(12-23-27)16-9-10-20(15(2)11-16)31-14-18-19(7-6-8-21(18)30-4)28-22(29)26(3)24-25-28/h6-13H,5,14H2,1-4H3. The topological polar surface area (TPSA) is 89.0 Å². The Kier molecular flexibility index (Phi) is 5.57. The normalized spacial score (nSPS) is 11.0. The highest BCUT2D eigenvalue weighted by atomic mass is 16.5. The Morgan fingerprint density at radius 1 is 1.06 bits per heavy atom. The molecule has 160 valence electrons. The molecule has 2 aromatic heterocycles. The van der Waals surface area contributed by atoms with E-state index in [0.717, 1.165) is 29.0 Å². The second kappa shape index (κ2) is 8.47. The average Bonchev–Trinajstić information content (AvgIpc) is 3.39. The molecule has 9 heteroatoms. The van der Waals surface area contributed by atoms with Crippen molar-refractivity contribution in [3.05, 3.63) is 70.4 Å². The Morgan fingerprint density at radius 3 is 2.55 bits per heavy atom. The molecule has 0 aliphatic carbocycles. The number of tetrazole rings is 1. The lowest BCUT2D eigenvalue weighted by molar-refractivity contribution is 0.294. The third-order valence-corrected chi connectivity index (χ3v) is 5.12. The van der Waals surface area contributed by atoms with Gasteiger partial charge in [-0.3, -0.25) is 4.68 Å². The molecule has 4 rings (SSSR count). The van der Waals surface area contributed by atoms with E-state index in [1.807, 2.05) is 42.2 Å². The van der Waals surface area contributed by atoms with Gasteiger partial charge in [0, 0.05) is 25.4 Å². The van der Waals surface area contributed by atoms with Crippen molar-refractivity contribution in [2.75, 3.05) is 7.11 Å². The minimum atomic E-state index is -0.345. The summed E-state index contributed by atoms with van der Waals surface area (Å²) in [6, 6.07) is 11.4. The Balaban J connectivity index is 1.62. The third kappa shape index (κ3) is 3.94. The zero-order chi connectivity index (χ0) is 22.0. The molecule has 0 atom stereocenters.